The molecule has 2 heterocycles. The van der Waals surface area contributed by atoms with Gasteiger partial charge in [-0.1, -0.05) is 27.2 Å². The Kier molecular flexibility index (Phi) is 11.5. The van der Waals surface area contributed by atoms with Crippen molar-refractivity contribution in [2.45, 2.75) is 71.5 Å². The van der Waals surface area contributed by atoms with Crippen molar-refractivity contribution in [1.82, 2.24) is 25.4 Å². The van der Waals surface area contributed by atoms with Gasteiger partial charge in [-0.15, -0.1) is 35.0 Å². The van der Waals surface area contributed by atoms with Crippen LogP contribution in [0.2, 0.25) is 0 Å². The fourth-order valence-corrected chi connectivity index (χ4v) is 2.95. The maximum absolute atomic E-state index is 12.2. The minimum atomic E-state index is -0.609. The van der Waals surface area contributed by atoms with Crippen LogP contribution in [0.1, 0.15) is 64.1 Å². The topological polar surface area (TPSA) is 115 Å². The van der Waals surface area contributed by atoms with E-state index in [1.807, 2.05) is 20.8 Å². The van der Waals surface area contributed by atoms with Crippen molar-refractivity contribution >= 4 is 36.6 Å². The van der Waals surface area contributed by atoms with Gasteiger partial charge in [0.05, 0.1) is 18.6 Å². The van der Waals surface area contributed by atoms with Gasteiger partial charge in [-0.3, -0.25) is 9.59 Å². The van der Waals surface area contributed by atoms with Crippen LogP contribution in [0.3, 0.4) is 0 Å². The first-order valence-electron chi connectivity index (χ1n) is 9.18. The van der Waals surface area contributed by atoms with E-state index in [9.17, 15) is 9.59 Å². The van der Waals surface area contributed by atoms with Crippen LogP contribution in [-0.2, 0) is 22.6 Å². The lowest BCUT2D eigenvalue weighted by atomic mass is 10.1. The molecule has 1 aromatic heterocycles. The zero-order valence-electron chi connectivity index (χ0n) is 16.2. The molecule has 2 atom stereocenters. The molecule has 156 valence electrons. The number of halogens is 2. The number of carbonyl (C=O) groups excluding carboxylic acids is 2. The lowest BCUT2D eigenvalue weighted by Gasteiger charge is -2.19. The summed E-state index contributed by atoms with van der Waals surface area (Å²) in [6, 6.07) is -0.815. The highest BCUT2D eigenvalue weighted by Gasteiger charge is 2.23. The fraction of sp³-hybridized carbons (Fsp3) is 0.765. The van der Waals surface area contributed by atoms with Crippen molar-refractivity contribution in [1.29, 1.82) is 0 Å². The highest BCUT2D eigenvalue weighted by Crippen LogP contribution is 2.20. The predicted octanol–water partition coefficient (Wildman–Crippen LogP) is 1.51. The summed E-state index contributed by atoms with van der Waals surface area (Å²) in [6.07, 6.45) is 5.06. The van der Waals surface area contributed by atoms with Crippen molar-refractivity contribution < 1.29 is 9.59 Å². The lowest BCUT2D eigenvalue weighted by Crippen LogP contribution is -2.47. The molecule has 0 saturated carbocycles. The number of aryl methyl sites for hydroxylation is 1. The summed E-state index contributed by atoms with van der Waals surface area (Å²) in [5.41, 5.74) is 5.78. The summed E-state index contributed by atoms with van der Waals surface area (Å²) in [5, 5.41) is 14.1. The standard InChI is InChI=1S/C17H30N6O2.2ClH/c1-4-12(16-22-21-13-8-6-5-7-9-23(13)16)20-14(24)10-19-17(25)15(18)11(2)3;;/h11-12,15H,4-10,18H2,1-3H3,(H,19,25)(H,20,24);2*1H/t12?,15-;;/m0../s1. The number of carbonyl (C=O) groups is 2. The summed E-state index contributed by atoms with van der Waals surface area (Å²) in [5.74, 6) is 1.27. The third kappa shape index (κ3) is 6.93. The summed E-state index contributed by atoms with van der Waals surface area (Å²) in [6.45, 7) is 6.54. The van der Waals surface area contributed by atoms with Crippen molar-refractivity contribution in [3.8, 4) is 0 Å². The van der Waals surface area contributed by atoms with Gasteiger partial charge < -0.3 is 20.9 Å². The average molecular weight is 423 g/mol. The van der Waals surface area contributed by atoms with E-state index in [1.165, 1.54) is 6.42 Å². The zero-order valence-corrected chi connectivity index (χ0v) is 17.9. The third-order valence-corrected chi connectivity index (χ3v) is 4.64. The Morgan fingerprint density at radius 3 is 2.52 bits per heavy atom. The molecular weight excluding hydrogens is 391 g/mol. The molecule has 1 aliphatic heterocycles. The second kappa shape index (κ2) is 12.2. The van der Waals surface area contributed by atoms with Crippen molar-refractivity contribution in [3.63, 3.8) is 0 Å². The normalized spacial score (nSPS) is 15.4. The maximum atomic E-state index is 12.2. The van der Waals surface area contributed by atoms with Crippen LogP contribution in [0.25, 0.3) is 0 Å². The Labute approximate surface area is 173 Å². The second-order valence-corrected chi connectivity index (χ2v) is 6.95. The van der Waals surface area contributed by atoms with Crippen molar-refractivity contribution in [2.75, 3.05) is 6.54 Å². The summed E-state index contributed by atoms with van der Waals surface area (Å²) >= 11 is 0. The van der Waals surface area contributed by atoms with E-state index in [0.717, 1.165) is 37.5 Å². The van der Waals surface area contributed by atoms with Crippen LogP contribution in [0, 0.1) is 5.92 Å². The first kappa shape index (κ1) is 25.6. The van der Waals surface area contributed by atoms with E-state index in [1.54, 1.807) is 0 Å². The molecule has 0 fully saturated rings. The van der Waals surface area contributed by atoms with E-state index in [4.69, 9.17) is 5.73 Å². The quantitative estimate of drug-likeness (QED) is 0.615. The Morgan fingerprint density at radius 2 is 1.89 bits per heavy atom. The number of rotatable bonds is 7. The van der Waals surface area contributed by atoms with E-state index in [2.05, 4.69) is 25.4 Å². The highest BCUT2D eigenvalue weighted by atomic mass is 35.5. The SMILES string of the molecule is CCC(NC(=O)CNC(=O)[C@@H](N)C(C)C)c1nnc2n1CCCCC2.Cl.Cl. The van der Waals surface area contributed by atoms with E-state index >= 15 is 0 Å². The highest BCUT2D eigenvalue weighted by molar-refractivity contribution is 5.87. The van der Waals surface area contributed by atoms with Gasteiger partial charge in [-0.2, -0.15) is 0 Å². The number of fused-ring (bicyclic) bond motifs is 1. The molecule has 4 N–H and O–H groups in total. The maximum Gasteiger partial charge on any atom is 0.239 e. The predicted molar refractivity (Wildman–Crippen MR) is 109 cm³/mol. The van der Waals surface area contributed by atoms with Crippen LogP contribution in [-0.4, -0.2) is 39.2 Å². The summed E-state index contributed by atoms with van der Waals surface area (Å²) < 4.78 is 2.13. The van der Waals surface area contributed by atoms with Gasteiger partial charge in [0.1, 0.15) is 5.82 Å². The van der Waals surface area contributed by atoms with Gasteiger partial charge in [0.25, 0.3) is 0 Å². The molecule has 0 saturated heterocycles. The third-order valence-electron chi connectivity index (χ3n) is 4.64. The molecule has 0 radical (unpaired) electrons. The molecule has 27 heavy (non-hydrogen) atoms. The molecule has 2 rings (SSSR count). The number of amides is 2. The average Bonchev–Trinajstić information content (AvgIpc) is 2.84. The van der Waals surface area contributed by atoms with Crippen LogP contribution < -0.4 is 16.4 Å². The largest absolute Gasteiger partial charge is 0.346 e. The first-order chi connectivity index (χ1) is 11.9. The monoisotopic (exact) mass is 422 g/mol. The summed E-state index contributed by atoms with van der Waals surface area (Å²) in [4.78, 5) is 24.1. The Morgan fingerprint density at radius 1 is 1.19 bits per heavy atom. The zero-order chi connectivity index (χ0) is 18.4. The van der Waals surface area contributed by atoms with Gasteiger partial charge in [-0.25, -0.2) is 0 Å². The number of aromatic nitrogens is 3. The first-order valence-corrected chi connectivity index (χ1v) is 9.18. The Bertz CT molecular complexity index is 608. The van der Waals surface area contributed by atoms with E-state index < -0.39 is 6.04 Å². The molecule has 10 heteroatoms. The van der Waals surface area contributed by atoms with Gasteiger partial charge in [0.2, 0.25) is 11.8 Å². The van der Waals surface area contributed by atoms with E-state index in [0.29, 0.717) is 6.42 Å². The molecule has 8 nitrogen and oxygen atoms in total. The van der Waals surface area contributed by atoms with Gasteiger partial charge in [0.15, 0.2) is 5.82 Å². The molecule has 1 aliphatic rings. The van der Waals surface area contributed by atoms with Gasteiger partial charge in [0, 0.05) is 13.0 Å². The van der Waals surface area contributed by atoms with Crippen LogP contribution in [0.5, 0.6) is 0 Å². The minimum absolute atomic E-state index is 0. The van der Waals surface area contributed by atoms with Crippen LogP contribution in [0.4, 0.5) is 0 Å². The number of hydrogen-bond donors (Lipinski definition) is 3. The van der Waals surface area contributed by atoms with Crippen molar-refractivity contribution in [3.05, 3.63) is 11.6 Å². The lowest BCUT2D eigenvalue weighted by molar-refractivity contribution is -0.127. The smallest absolute Gasteiger partial charge is 0.239 e. The second-order valence-electron chi connectivity index (χ2n) is 6.95. The molecule has 2 amide bonds. The molecule has 0 bridgehead atoms. The molecule has 0 aliphatic carbocycles. The number of hydrogen-bond acceptors (Lipinski definition) is 5. The molecule has 1 aromatic rings. The van der Waals surface area contributed by atoms with Gasteiger partial charge >= 0.3 is 0 Å². The molecule has 0 aromatic carbocycles. The Balaban J connectivity index is 0.00000338. The minimum Gasteiger partial charge on any atom is -0.346 e. The fourth-order valence-electron chi connectivity index (χ4n) is 2.95. The van der Waals surface area contributed by atoms with Crippen LogP contribution >= 0.6 is 24.8 Å². The van der Waals surface area contributed by atoms with E-state index in [-0.39, 0.29) is 55.1 Å². The van der Waals surface area contributed by atoms with Gasteiger partial charge in [-0.05, 0) is 25.2 Å². The molecule has 1 unspecified atom stereocenters. The summed E-state index contributed by atoms with van der Waals surface area (Å²) in [7, 11) is 0. The number of nitrogens with zero attached hydrogens (tertiary/aromatic N) is 3. The molecular formula is C17H32Cl2N6O2. The van der Waals surface area contributed by atoms with Crippen LogP contribution in [0.15, 0.2) is 0 Å². The number of nitrogens with two attached hydrogens (primary N) is 1. The number of nitrogens with one attached hydrogen (secondary N) is 2. The molecule has 0 spiro atoms. The van der Waals surface area contributed by atoms with Crippen molar-refractivity contribution in [2.24, 2.45) is 11.7 Å². The Hall–Kier alpha value is -1.38.